The number of carboxylic acids is 1. The van der Waals surface area contributed by atoms with E-state index < -0.39 is 17.7 Å². The molecular formula is C22H22F3NO3. The SMILES string of the molecule is O=C(O)C1CN(Cc2ccc(OCc3ccc(C(F)(F)F)c(C4CC4)c3)cc2)C1. The van der Waals surface area contributed by atoms with E-state index in [-0.39, 0.29) is 18.4 Å². The van der Waals surface area contributed by atoms with Gasteiger partial charge >= 0.3 is 12.1 Å². The van der Waals surface area contributed by atoms with Crippen LogP contribution in [0.2, 0.25) is 0 Å². The van der Waals surface area contributed by atoms with Crippen molar-refractivity contribution in [3.05, 3.63) is 64.7 Å². The Balaban J connectivity index is 1.33. The third-order valence-electron chi connectivity index (χ3n) is 5.48. The second kappa shape index (κ2) is 7.71. The molecule has 0 radical (unpaired) electrons. The van der Waals surface area contributed by atoms with Gasteiger partial charge in [-0.3, -0.25) is 9.69 Å². The number of ether oxygens (including phenoxy) is 1. The number of hydrogen-bond donors (Lipinski definition) is 1. The summed E-state index contributed by atoms with van der Waals surface area (Å²) in [7, 11) is 0. The fraction of sp³-hybridized carbons (Fsp3) is 0.409. The molecule has 2 aromatic carbocycles. The van der Waals surface area contributed by atoms with Crippen LogP contribution in [0.5, 0.6) is 5.75 Å². The van der Waals surface area contributed by atoms with E-state index in [4.69, 9.17) is 9.84 Å². The van der Waals surface area contributed by atoms with E-state index in [1.165, 1.54) is 6.07 Å². The van der Waals surface area contributed by atoms with Crippen molar-refractivity contribution in [3.8, 4) is 5.75 Å². The van der Waals surface area contributed by atoms with Crippen molar-refractivity contribution in [2.24, 2.45) is 5.92 Å². The summed E-state index contributed by atoms with van der Waals surface area (Å²) >= 11 is 0. The molecule has 29 heavy (non-hydrogen) atoms. The highest BCUT2D eigenvalue weighted by Gasteiger charge is 2.38. The van der Waals surface area contributed by atoms with Crippen molar-refractivity contribution < 1.29 is 27.8 Å². The Morgan fingerprint density at radius 1 is 1.07 bits per heavy atom. The number of benzene rings is 2. The lowest BCUT2D eigenvalue weighted by atomic mass is 9.99. The molecule has 2 aromatic rings. The van der Waals surface area contributed by atoms with Crippen LogP contribution in [-0.4, -0.2) is 29.1 Å². The van der Waals surface area contributed by atoms with Gasteiger partial charge < -0.3 is 9.84 Å². The van der Waals surface area contributed by atoms with E-state index in [1.807, 2.05) is 24.3 Å². The fourth-order valence-electron chi connectivity index (χ4n) is 3.66. The second-order valence-corrected chi connectivity index (χ2v) is 7.86. The molecule has 1 aliphatic carbocycles. The maximum absolute atomic E-state index is 13.2. The third kappa shape index (κ3) is 4.72. The first-order chi connectivity index (χ1) is 13.8. The Morgan fingerprint density at radius 3 is 2.31 bits per heavy atom. The molecular weight excluding hydrogens is 383 g/mol. The van der Waals surface area contributed by atoms with Crippen molar-refractivity contribution in [2.45, 2.75) is 38.1 Å². The van der Waals surface area contributed by atoms with E-state index in [0.29, 0.717) is 30.9 Å². The Labute approximate surface area is 166 Å². The summed E-state index contributed by atoms with van der Waals surface area (Å²) in [5.74, 6) is -0.373. The summed E-state index contributed by atoms with van der Waals surface area (Å²) in [6, 6.07) is 11.8. The quantitative estimate of drug-likeness (QED) is 0.727. The largest absolute Gasteiger partial charge is 0.489 e. The van der Waals surface area contributed by atoms with Gasteiger partial charge in [-0.2, -0.15) is 13.2 Å². The summed E-state index contributed by atoms with van der Waals surface area (Å²) in [4.78, 5) is 12.9. The fourth-order valence-corrected chi connectivity index (χ4v) is 3.66. The Bertz CT molecular complexity index is 885. The van der Waals surface area contributed by atoms with Crippen LogP contribution >= 0.6 is 0 Å². The van der Waals surface area contributed by atoms with E-state index in [9.17, 15) is 18.0 Å². The molecule has 0 aromatic heterocycles. The minimum Gasteiger partial charge on any atom is -0.489 e. The maximum Gasteiger partial charge on any atom is 0.416 e. The highest BCUT2D eigenvalue weighted by molar-refractivity contribution is 5.71. The zero-order chi connectivity index (χ0) is 20.6. The number of rotatable bonds is 7. The average Bonchev–Trinajstić information content (AvgIpc) is 3.47. The molecule has 2 fully saturated rings. The van der Waals surface area contributed by atoms with Gasteiger partial charge in [0.25, 0.3) is 0 Å². The van der Waals surface area contributed by atoms with E-state index in [2.05, 4.69) is 4.90 Å². The van der Waals surface area contributed by atoms with Crippen LogP contribution < -0.4 is 4.74 Å². The minimum atomic E-state index is -4.33. The first kappa shape index (κ1) is 19.8. The molecule has 0 bridgehead atoms. The first-order valence-corrected chi connectivity index (χ1v) is 9.66. The molecule has 0 atom stereocenters. The smallest absolute Gasteiger partial charge is 0.416 e. The van der Waals surface area contributed by atoms with Crippen molar-refractivity contribution in [1.29, 1.82) is 0 Å². The molecule has 0 amide bonds. The molecule has 1 N–H and O–H groups in total. The number of carboxylic acid groups (broad SMARTS) is 1. The van der Waals surface area contributed by atoms with Crippen LogP contribution in [0.1, 0.15) is 41.0 Å². The van der Waals surface area contributed by atoms with Crippen LogP contribution in [0.25, 0.3) is 0 Å². The number of carbonyl (C=O) groups is 1. The lowest BCUT2D eigenvalue weighted by molar-refractivity contribution is -0.147. The predicted octanol–water partition coefficient (Wildman–Crippen LogP) is 4.68. The van der Waals surface area contributed by atoms with Gasteiger partial charge in [0, 0.05) is 19.6 Å². The summed E-state index contributed by atoms with van der Waals surface area (Å²) in [6.07, 6.45) is -2.72. The molecule has 0 spiro atoms. The predicted molar refractivity (Wildman–Crippen MR) is 101 cm³/mol. The Hall–Kier alpha value is -2.54. The highest BCUT2D eigenvalue weighted by Crippen LogP contribution is 2.46. The number of hydrogen-bond acceptors (Lipinski definition) is 3. The van der Waals surface area contributed by atoms with Gasteiger partial charge in [-0.1, -0.05) is 24.3 Å². The van der Waals surface area contributed by atoms with Crippen LogP contribution in [0.15, 0.2) is 42.5 Å². The van der Waals surface area contributed by atoms with E-state index >= 15 is 0 Å². The van der Waals surface area contributed by atoms with Gasteiger partial charge in [0.15, 0.2) is 0 Å². The third-order valence-corrected chi connectivity index (χ3v) is 5.48. The summed E-state index contributed by atoms with van der Waals surface area (Å²) in [6.45, 7) is 2.02. The van der Waals surface area contributed by atoms with Crippen LogP contribution in [-0.2, 0) is 24.1 Å². The average molecular weight is 405 g/mol. The van der Waals surface area contributed by atoms with Crippen molar-refractivity contribution >= 4 is 5.97 Å². The number of alkyl halides is 3. The Morgan fingerprint density at radius 2 is 1.72 bits per heavy atom. The highest BCUT2D eigenvalue weighted by atomic mass is 19.4. The first-order valence-electron chi connectivity index (χ1n) is 9.66. The van der Waals surface area contributed by atoms with Gasteiger partial charge in [0.2, 0.25) is 0 Å². The van der Waals surface area contributed by atoms with Crippen LogP contribution in [0, 0.1) is 5.92 Å². The number of aliphatic carboxylic acids is 1. The summed E-state index contributed by atoms with van der Waals surface area (Å²) < 4.78 is 45.3. The number of likely N-dealkylation sites (tertiary alicyclic amines) is 1. The zero-order valence-electron chi connectivity index (χ0n) is 15.8. The molecule has 1 heterocycles. The van der Waals surface area contributed by atoms with Crippen LogP contribution in [0.4, 0.5) is 13.2 Å². The molecule has 4 rings (SSSR count). The lowest BCUT2D eigenvalue weighted by Gasteiger charge is -2.36. The molecule has 4 nitrogen and oxygen atoms in total. The molecule has 1 saturated heterocycles. The second-order valence-electron chi connectivity index (χ2n) is 7.86. The monoisotopic (exact) mass is 405 g/mol. The molecule has 1 aliphatic heterocycles. The van der Waals surface area contributed by atoms with Gasteiger partial charge in [0.05, 0.1) is 11.5 Å². The standard InChI is InChI=1S/C22H22F3NO3/c23-22(24,25)20-8-3-15(9-19(20)16-4-5-16)13-29-18-6-1-14(2-7-18)10-26-11-17(12-26)21(27)28/h1-3,6-9,16-17H,4-5,10-13H2,(H,27,28). The van der Waals surface area contributed by atoms with Crippen LogP contribution in [0.3, 0.4) is 0 Å². The molecule has 1 saturated carbocycles. The van der Waals surface area contributed by atoms with Crippen molar-refractivity contribution in [1.82, 2.24) is 4.90 Å². The minimum absolute atomic E-state index is 0.00749. The number of nitrogens with zero attached hydrogens (tertiary/aromatic N) is 1. The van der Waals surface area contributed by atoms with Gasteiger partial charge in [-0.15, -0.1) is 0 Å². The van der Waals surface area contributed by atoms with Gasteiger partial charge in [-0.05, 0) is 53.6 Å². The Kier molecular flexibility index (Phi) is 5.25. The topological polar surface area (TPSA) is 49.8 Å². The molecule has 7 heteroatoms. The molecule has 2 aliphatic rings. The summed E-state index contributed by atoms with van der Waals surface area (Å²) in [5, 5.41) is 8.91. The maximum atomic E-state index is 13.2. The van der Waals surface area contributed by atoms with E-state index in [1.54, 1.807) is 6.07 Å². The molecule has 0 unspecified atom stereocenters. The lowest BCUT2D eigenvalue weighted by Crippen LogP contribution is -2.49. The van der Waals surface area contributed by atoms with Gasteiger partial charge in [-0.25, -0.2) is 0 Å². The van der Waals surface area contributed by atoms with Crippen molar-refractivity contribution in [3.63, 3.8) is 0 Å². The number of halogens is 3. The molecule has 154 valence electrons. The van der Waals surface area contributed by atoms with E-state index in [0.717, 1.165) is 30.0 Å². The van der Waals surface area contributed by atoms with Gasteiger partial charge in [0.1, 0.15) is 12.4 Å². The van der Waals surface area contributed by atoms with Crippen molar-refractivity contribution in [2.75, 3.05) is 13.1 Å². The normalized spacial score (nSPS) is 17.8. The zero-order valence-corrected chi connectivity index (χ0v) is 15.8. The summed E-state index contributed by atoms with van der Waals surface area (Å²) in [5.41, 5.74) is 1.63.